The molecule has 0 aliphatic carbocycles. The molecule has 2 aromatic heterocycles. The van der Waals surface area contributed by atoms with Crippen molar-refractivity contribution < 1.29 is 0 Å². The number of hydrogen-bond acceptors (Lipinski definition) is 4. The maximum Gasteiger partial charge on any atom is 0.165 e. The van der Waals surface area contributed by atoms with Crippen LogP contribution in [0.25, 0.3) is 132 Å². The molecule has 0 bridgehead atoms. The molecule has 4 nitrogen and oxygen atoms in total. The van der Waals surface area contributed by atoms with Crippen molar-refractivity contribution in [3.8, 4) is 56.4 Å². The Labute approximate surface area is 356 Å². The maximum atomic E-state index is 5.17. The Morgan fingerprint density at radius 1 is 0.258 bits per heavy atom. The van der Waals surface area contributed by atoms with E-state index in [0.29, 0.717) is 17.5 Å². The first-order chi connectivity index (χ1) is 30.7. The van der Waals surface area contributed by atoms with Gasteiger partial charge in [0.05, 0.1) is 5.52 Å². The number of pyridine rings is 1. The Balaban J connectivity index is 1.02. The first-order valence-corrected chi connectivity index (χ1v) is 21.0. The van der Waals surface area contributed by atoms with Crippen molar-refractivity contribution in [2.45, 2.75) is 0 Å². The summed E-state index contributed by atoms with van der Waals surface area (Å²) in [5.74, 6) is 1.80. The zero-order chi connectivity index (χ0) is 40.7. The minimum Gasteiger partial charge on any atom is -0.255 e. The summed E-state index contributed by atoms with van der Waals surface area (Å²) >= 11 is 0. The summed E-state index contributed by atoms with van der Waals surface area (Å²) in [6.07, 6.45) is 1.86. The minimum absolute atomic E-state index is 0.580. The molecule has 0 aliphatic rings. The van der Waals surface area contributed by atoms with Crippen molar-refractivity contribution in [2.24, 2.45) is 0 Å². The number of para-hydroxylation sites is 1. The molecule has 13 rings (SSSR count). The van der Waals surface area contributed by atoms with Gasteiger partial charge >= 0.3 is 0 Å². The van der Waals surface area contributed by atoms with Crippen LogP contribution in [0, 0.1) is 0 Å². The first kappa shape index (κ1) is 34.5. The Bertz CT molecular complexity index is 3920. The van der Waals surface area contributed by atoms with Crippen LogP contribution in [0.3, 0.4) is 0 Å². The summed E-state index contributed by atoms with van der Waals surface area (Å²) in [5.41, 5.74) is 8.05. The number of hydrogen-bond donors (Lipinski definition) is 0. The van der Waals surface area contributed by atoms with E-state index in [2.05, 4.69) is 152 Å². The van der Waals surface area contributed by atoms with Gasteiger partial charge in [0.15, 0.2) is 17.5 Å². The van der Waals surface area contributed by atoms with Gasteiger partial charge in [-0.15, -0.1) is 0 Å². The van der Waals surface area contributed by atoms with E-state index in [1.165, 1.54) is 70.2 Å². The lowest BCUT2D eigenvalue weighted by Gasteiger charge is -2.17. The van der Waals surface area contributed by atoms with Crippen LogP contribution >= 0.6 is 0 Å². The summed E-state index contributed by atoms with van der Waals surface area (Å²) in [5, 5.41) is 16.3. The van der Waals surface area contributed by atoms with Gasteiger partial charge in [-0.05, 0) is 117 Å². The van der Waals surface area contributed by atoms with Crippen LogP contribution in [0.4, 0.5) is 0 Å². The second kappa shape index (κ2) is 13.6. The van der Waals surface area contributed by atoms with Gasteiger partial charge in [0.1, 0.15) is 0 Å². The molecule has 0 unspecified atom stereocenters. The molecule has 0 saturated heterocycles. The van der Waals surface area contributed by atoms with Gasteiger partial charge in [-0.3, -0.25) is 4.98 Å². The van der Waals surface area contributed by atoms with Gasteiger partial charge in [0, 0.05) is 28.3 Å². The van der Waals surface area contributed by atoms with Crippen molar-refractivity contribution in [1.29, 1.82) is 0 Å². The molecule has 0 amide bonds. The molecule has 0 atom stereocenters. The number of nitrogens with zero attached hydrogens (tertiary/aromatic N) is 4. The molecule has 13 aromatic rings. The van der Waals surface area contributed by atoms with Crippen LogP contribution in [0.5, 0.6) is 0 Å². The molecule has 0 radical (unpaired) electrons. The van der Waals surface area contributed by atoms with Crippen LogP contribution in [0.2, 0.25) is 0 Å². The van der Waals surface area contributed by atoms with Gasteiger partial charge in [0.2, 0.25) is 0 Å². The second-order valence-corrected chi connectivity index (χ2v) is 16.2. The average molecular weight is 787 g/mol. The van der Waals surface area contributed by atoms with Gasteiger partial charge in [-0.1, -0.05) is 170 Å². The average Bonchev–Trinajstić information content (AvgIpc) is 3.35. The van der Waals surface area contributed by atoms with E-state index < -0.39 is 0 Å². The predicted molar refractivity (Wildman–Crippen MR) is 259 cm³/mol. The lowest BCUT2D eigenvalue weighted by molar-refractivity contribution is 1.07. The van der Waals surface area contributed by atoms with Crippen molar-refractivity contribution in [3.05, 3.63) is 206 Å². The third-order valence-electron chi connectivity index (χ3n) is 12.6. The highest BCUT2D eigenvalue weighted by molar-refractivity contribution is 6.37. The molecule has 0 N–H and O–H groups in total. The number of rotatable bonds is 5. The molecule has 286 valence electrons. The highest BCUT2D eigenvalue weighted by Crippen LogP contribution is 2.45. The highest BCUT2D eigenvalue weighted by atomic mass is 15.0. The van der Waals surface area contributed by atoms with E-state index in [1.54, 1.807) is 0 Å². The topological polar surface area (TPSA) is 51.6 Å². The van der Waals surface area contributed by atoms with Crippen LogP contribution in [-0.4, -0.2) is 19.9 Å². The lowest BCUT2D eigenvalue weighted by Crippen LogP contribution is -2.01. The van der Waals surface area contributed by atoms with Crippen molar-refractivity contribution in [2.75, 3.05) is 0 Å². The van der Waals surface area contributed by atoms with Crippen molar-refractivity contribution in [1.82, 2.24) is 19.9 Å². The number of fused-ring (bicyclic) bond motifs is 3. The second-order valence-electron chi connectivity index (χ2n) is 16.2. The fourth-order valence-electron chi connectivity index (χ4n) is 9.78. The molecule has 2 heterocycles. The molecule has 0 saturated carbocycles. The molecule has 0 spiro atoms. The standard InChI is InChI=1S/C58H34N4/c1-2-12-38(13-3-1)56-60-57(44-31-41-14-4-7-25-51(41)59-34-44)62-58(61-56)49-21-6-5-20-45(49)40-19-8-18-39(30-40)43-32-42-29-28-37-16-10-23-47-46-22-9-15-35-26-27-36-17-11-24-48(54(36)52(35)46)50(33-43)55(42)53(37)47/h1-34H. The maximum absolute atomic E-state index is 5.17. The number of benzene rings is 10. The normalized spacial score (nSPS) is 11.9. The molecular weight excluding hydrogens is 753 g/mol. The number of aromatic nitrogens is 4. The van der Waals surface area contributed by atoms with E-state index in [4.69, 9.17) is 19.9 Å². The van der Waals surface area contributed by atoms with Gasteiger partial charge < -0.3 is 0 Å². The quantitative estimate of drug-likeness (QED) is 0.163. The summed E-state index contributed by atoms with van der Waals surface area (Å²) in [4.78, 5) is 20.1. The Hall–Kier alpha value is -8.34. The largest absolute Gasteiger partial charge is 0.255 e. The van der Waals surface area contributed by atoms with Gasteiger partial charge in [-0.2, -0.15) is 0 Å². The van der Waals surface area contributed by atoms with Crippen LogP contribution in [-0.2, 0) is 0 Å². The first-order valence-electron chi connectivity index (χ1n) is 21.0. The summed E-state index contributed by atoms with van der Waals surface area (Å²) < 4.78 is 0. The summed E-state index contributed by atoms with van der Waals surface area (Å²) in [7, 11) is 0. The molecule has 4 heteroatoms. The van der Waals surface area contributed by atoms with Crippen LogP contribution < -0.4 is 0 Å². The summed E-state index contributed by atoms with van der Waals surface area (Å²) in [6.45, 7) is 0. The smallest absolute Gasteiger partial charge is 0.165 e. The third-order valence-corrected chi connectivity index (χ3v) is 12.6. The Kier molecular flexibility index (Phi) is 7.57. The Morgan fingerprint density at radius 2 is 0.758 bits per heavy atom. The summed E-state index contributed by atoms with van der Waals surface area (Å²) in [6, 6.07) is 71.9. The SMILES string of the molecule is c1ccc(-c2nc(-c3cnc4ccccc4c3)nc(-c3ccccc3-c3cccc(-c4cc5ccc6cccc7c8cccc9ccc%10cccc(c(c4)c5c67)c%10c98)c3)n2)cc1. The van der Waals surface area contributed by atoms with E-state index in [1.807, 2.05) is 54.7 Å². The predicted octanol–water partition coefficient (Wildman–Crippen LogP) is 15.1. The van der Waals surface area contributed by atoms with Crippen molar-refractivity contribution >= 4 is 75.5 Å². The van der Waals surface area contributed by atoms with Gasteiger partial charge in [-0.25, -0.2) is 15.0 Å². The zero-order valence-electron chi connectivity index (χ0n) is 33.4. The fourth-order valence-corrected chi connectivity index (χ4v) is 9.78. The van der Waals surface area contributed by atoms with E-state index in [-0.39, 0.29) is 0 Å². The van der Waals surface area contributed by atoms with Gasteiger partial charge in [0.25, 0.3) is 0 Å². The van der Waals surface area contributed by atoms with Crippen molar-refractivity contribution in [3.63, 3.8) is 0 Å². The van der Waals surface area contributed by atoms with Crippen LogP contribution in [0.15, 0.2) is 206 Å². The molecule has 11 aromatic carbocycles. The molecule has 62 heavy (non-hydrogen) atoms. The monoisotopic (exact) mass is 786 g/mol. The molecule has 0 fully saturated rings. The van der Waals surface area contributed by atoms with Crippen LogP contribution in [0.1, 0.15) is 0 Å². The van der Waals surface area contributed by atoms with E-state index in [9.17, 15) is 0 Å². The molecular formula is C58H34N4. The Morgan fingerprint density at radius 3 is 1.48 bits per heavy atom. The lowest BCUT2D eigenvalue weighted by atomic mass is 9.86. The fraction of sp³-hybridized carbons (Fsp3) is 0. The van der Waals surface area contributed by atoms with E-state index >= 15 is 0 Å². The highest BCUT2D eigenvalue weighted by Gasteiger charge is 2.19. The third kappa shape index (κ3) is 5.40. The minimum atomic E-state index is 0.580. The molecule has 0 aliphatic heterocycles. The zero-order valence-corrected chi connectivity index (χ0v) is 33.4. The van der Waals surface area contributed by atoms with E-state index in [0.717, 1.165) is 44.3 Å².